The van der Waals surface area contributed by atoms with Gasteiger partial charge in [0.15, 0.2) is 0 Å². The molecule has 0 spiro atoms. The predicted octanol–water partition coefficient (Wildman–Crippen LogP) is 3.73. The van der Waals surface area contributed by atoms with Crippen molar-refractivity contribution in [3.05, 3.63) is 51.3 Å². The molecule has 0 saturated carbocycles. The zero-order chi connectivity index (χ0) is 14.2. The van der Waals surface area contributed by atoms with Gasteiger partial charge in [-0.25, -0.2) is 4.68 Å². The molecule has 0 N–H and O–H groups in total. The second-order valence-electron chi connectivity index (χ2n) is 5.26. The van der Waals surface area contributed by atoms with Crippen LogP contribution in [0.1, 0.15) is 26.5 Å². The number of nitrogens with zero attached hydrogens (tertiary/aromatic N) is 3. The summed E-state index contributed by atoms with van der Waals surface area (Å²) in [7, 11) is 0. The van der Waals surface area contributed by atoms with Crippen LogP contribution in [0, 0.1) is 10.1 Å². The van der Waals surface area contributed by atoms with E-state index in [4.69, 9.17) is 11.6 Å². The van der Waals surface area contributed by atoms with Gasteiger partial charge in [-0.2, -0.15) is 5.10 Å². The molecule has 6 heteroatoms. The van der Waals surface area contributed by atoms with Crippen molar-refractivity contribution in [2.75, 3.05) is 0 Å². The standard InChI is InChI=1S/C13H14ClN3O2/c1-13(2,3)11-8-12(14)16(15-11)9-6-4-5-7-10(9)17(18)19/h4-8H,1-3H3. The third kappa shape index (κ3) is 2.61. The van der Waals surface area contributed by atoms with Gasteiger partial charge >= 0.3 is 0 Å². The van der Waals surface area contributed by atoms with Crippen LogP contribution in [0.15, 0.2) is 30.3 Å². The molecule has 100 valence electrons. The highest BCUT2D eigenvalue weighted by molar-refractivity contribution is 6.29. The molecule has 19 heavy (non-hydrogen) atoms. The number of nitro groups is 1. The fourth-order valence-electron chi connectivity index (χ4n) is 1.69. The highest BCUT2D eigenvalue weighted by atomic mass is 35.5. The molecule has 0 atom stereocenters. The van der Waals surface area contributed by atoms with Gasteiger partial charge in [-0.05, 0) is 12.1 Å². The van der Waals surface area contributed by atoms with Gasteiger partial charge in [0.1, 0.15) is 10.8 Å². The van der Waals surface area contributed by atoms with E-state index in [-0.39, 0.29) is 11.1 Å². The van der Waals surface area contributed by atoms with Gasteiger partial charge in [0.05, 0.1) is 10.6 Å². The summed E-state index contributed by atoms with van der Waals surface area (Å²) >= 11 is 6.14. The van der Waals surface area contributed by atoms with E-state index < -0.39 is 4.92 Å². The number of hydrogen-bond acceptors (Lipinski definition) is 3. The van der Waals surface area contributed by atoms with E-state index in [1.165, 1.54) is 10.7 Å². The lowest BCUT2D eigenvalue weighted by Crippen LogP contribution is -2.12. The number of aromatic nitrogens is 2. The fraction of sp³-hybridized carbons (Fsp3) is 0.308. The van der Waals surface area contributed by atoms with Crippen LogP contribution in [0.5, 0.6) is 0 Å². The van der Waals surface area contributed by atoms with Crippen LogP contribution < -0.4 is 0 Å². The smallest absolute Gasteiger partial charge is 0.258 e. The van der Waals surface area contributed by atoms with Gasteiger partial charge in [0.2, 0.25) is 0 Å². The van der Waals surface area contributed by atoms with E-state index in [0.717, 1.165) is 5.69 Å². The largest absolute Gasteiger partial charge is 0.294 e. The zero-order valence-electron chi connectivity index (χ0n) is 10.9. The third-order valence-corrected chi connectivity index (χ3v) is 3.01. The van der Waals surface area contributed by atoms with Crippen molar-refractivity contribution in [1.82, 2.24) is 9.78 Å². The van der Waals surface area contributed by atoms with E-state index in [2.05, 4.69) is 5.10 Å². The zero-order valence-corrected chi connectivity index (χ0v) is 11.7. The molecule has 2 aromatic rings. The van der Waals surface area contributed by atoms with Crippen molar-refractivity contribution < 1.29 is 4.92 Å². The first-order valence-electron chi connectivity index (χ1n) is 5.80. The lowest BCUT2D eigenvalue weighted by Gasteiger charge is -2.14. The average Bonchev–Trinajstić information content (AvgIpc) is 2.71. The Labute approximate surface area is 116 Å². The summed E-state index contributed by atoms with van der Waals surface area (Å²) in [5.41, 5.74) is 0.968. The van der Waals surface area contributed by atoms with Gasteiger partial charge in [-0.15, -0.1) is 0 Å². The van der Waals surface area contributed by atoms with Crippen molar-refractivity contribution in [3.8, 4) is 5.69 Å². The Morgan fingerprint density at radius 1 is 1.32 bits per heavy atom. The average molecular weight is 280 g/mol. The maximum absolute atomic E-state index is 11.0. The molecule has 0 aliphatic carbocycles. The topological polar surface area (TPSA) is 61.0 Å². The minimum absolute atomic E-state index is 0.0204. The number of para-hydroxylation sites is 2. The molecule has 0 radical (unpaired) electrons. The number of nitro benzene ring substituents is 1. The Morgan fingerprint density at radius 3 is 2.47 bits per heavy atom. The summed E-state index contributed by atoms with van der Waals surface area (Å²) in [6.45, 7) is 6.03. The first-order valence-corrected chi connectivity index (χ1v) is 6.18. The molecule has 1 aromatic heterocycles. The van der Waals surface area contributed by atoms with Crippen LogP contribution in [0.3, 0.4) is 0 Å². The number of halogens is 1. The van der Waals surface area contributed by atoms with Crippen LogP contribution in [0.4, 0.5) is 5.69 Å². The lowest BCUT2D eigenvalue weighted by molar-refractivity contribution is -0.384. The quantitative estimate of drug-likeness (QED) is 0.621. The molecule has 1 heterocycles. The molecule has 0 aliphatic rings. The van der Waals surface area contributed by atoms with Gasteiger partial charge in [0, 0.05) is 11.5 Å². The highest BCUT2D eigenvalue weighted by Gasteiger charge is 2.22. The van der Waals surface area contributed by atoms with E-state index in [0.29, 0.717) is 10.8 Å². The molecule has 5 nitrogen and oxygen atoms in total. The fourth-order valence-corrected chi connectivity index (χ4v) is 1.92. The Balaban J connectivity index is 2.60. The summed E-state index contributed by atoms with van der Waals surface area (Å²) < 4.78 is 1.40. The molecule has 0 fully saturated rings. The summed E-state index contributed by atoms with van der Waals surface area (Å²) in [4.78, 5) is 10.6. The van der Waals surface area contributed by atoms with Crippen molar-refractivity contribution in [2.24, 2.45) is 0 Å². The predicted molar refractivity (Wildman–Crippen MR) is 73.9 cm³/mol. The molecule has 0 bridgehead atoms. The number of benzene rings is 1. The Kier molecular flexibility index (Phi) is 3.32. The van der Waals surface area contributed by atoms with Crippen LogP contribution in [-0.4, -0.2) is 14.7 Å². The van der Waals surface area contributed by atoms with Crippen molar-refractivity contribution in [1.29, 1.82) is 0 Å². The molecule has 2 rings (SSSR count). The Bertz CT molecular complexity index is 629. The molecule has 0 aliphatic heterocycles. The van der Waals surface area contributed by atoms with Gasteiger partial charge in [-0.1, -0.05) is 44.5 Å². The van der Waals surface area contributed by atoms with Gasteiger partial charge < -0.3 is 0 Å². The molecule has 0 saturated heterocycles. The first-order chi connectivity index (χ1) is 8.80. The summed E-state index contributed by atoms with van der Waals surface area (Å²) in [5.74, 6) is 0. The number of rotatable bonds is 2. The maximum Gasteiger partial charge on any atom is 0.294 e. The van der Waals surface area contributed by atoms with Crippen LogP contribution in [-0.2, 0) is 5.41 Å². The summed E-state index contributed by atoms with van der Waals surface area (Å²) in [6.07, 6.45) is 0. The second kappa shape index (κ2) is 4.66. The van der Waals surface area contributed by atoms with Gasteiger partial charge in [0.25, 0.3) is 5.69 Å². The Hall–Kier alpha value is -1.88. The first kappa shape index (κ1) is 13.5. The van der Waals surface area contributed by atoms with E-state index in [1.807, 2.05) is 20.8 Å². The van der Waals surface area contributed by atoms with Crippen LogP contribution in [0.25, 0.3) is 5.69 Å². The lowest BCUT2D eigenvalue weighted by atomic mass is 9.93. The van der Waals surface area contributed by atoms with Crippen LogP contribution in [0.2, 0.25) is 5.15 Å². The Morgan fingerprint density at radius 2 is 1.95 bits per heavy atom. The van der Waals surface area contributed by atoms with Crippen molar-refractivity contribution >= 4 is 17.3 Å². The van der Waals surface area contributed by atoms with E-state index in [1.54, 1.807) is 24.3 Å². The van der Waals surface area contributed by atoms with Gasteiger partial charge in [-0.3, -0.25) is 10.1 Å². The molecule has 1 aromatic carbocycles. The SMILES string of the molecule is CC(C)(C)c1cc(Cl)n(-c2ccccc2[N+](=O)[O-])n1. The monoisotopic (exact) mass is 279 g/mol. The van der Waals surface area contributed by atoms with Crippen molar-refractivity contribution in [3.63, 3.8) is 0 Å². The maximum atomic E-state index is 11.0. The highest BCUT2D eigenvalue weighted by Crippen LogP contribution is 2.29. The minimum Gasteiger partial charge on any atom is -0.258 e. The normalized spacial score (nSPS) is 11.6. The van der Waals surface area contributed by atoms with Crippen molar-refractivity contribution in [2.45, 2.75) is 26.2 Å². The van der Waals surface area contributed by atoms with E-state index >= 15 is 0 Å². The third-order valence-electron chi connectivity index (χ3n) is 2.74. The summed E-state index contributed by atoms with van der Waals surface area (Å²) in [6, 6.07) is 8.13. The number of hydrogen-bond donors (Lipinski definition) is 0. The molecular formula is C13H14ClN3O2. The molecule has 0 unspecified atom stereocenters. The minimum atomic E-state index is -0.440. The molecule has 0 amide bonds. The molecular weight excluding hydrogens is 266 g/mol. The second-order valence-corrected chi connectivity index (χ2v) is 5.65. The van der Waals surface area contributed by atoms with Crippen LogP contribution >= 0.6 is 11.6 Å². The summed E-state index contributed by atoms with van der Waals surface area (Å²) in [5, 5.41) is 15.8. The van der Waals surface area contributed by atoms with E-state index in [9.17, 15) is 10.1 Å².